The fourth-order valence-electron chi connectivity index (χ4n) is 4.52. The molecule has 4 rings (SSSR count). The molecule has 140 valence electrons. The fourth-order valence-corrected chi connectivity index (χ4v) is 4.52. The number of fused-ring (bicyclic) bond motifs is 3. The lowest BCUT2D eigenvalue weighted by Gasteiger charge is -2.45. The molecule has 1 aromatic heterocycles. The van der Waals surface area contributed by atoms with Crippen molar-refractivity contribution in [3.05, 3.63) is 34.6 Å². The molecule has 2 aliphatic rings. The monoisotopic (exact) mass is 377 g/mol. The normalized spacial score (nSPS) is 27.6. The number of amides is 1. The van der Waals surface area contributed by atoms with Crippen molar-refractivity contribution in [2.75, 3.05) is 0 Å². The molecule has 2 unspecified atom stereocenters. The Morgan fingerprint density at radius 3 is 2.65 bits per heavy atom. The molecule has 1 heterocycles. The third-order valence-corrected chi connectivity index (χ3v) is 5.63. The zero-order valence-electron chi connectivity index (χ0n) is 14.5. The van der Waals surface area contributed by atoms with E-state index in [1.165, 1.54) is 6.42 Å². The van der Waals surface area contributed by atoms with E-state index in [2.05, 4.69) is 15.6 Å². The second-order valence-electron chi connectivity index (χ2n) is 7.35. The molecule has 3 N–H and O–H groups in total. The van der Waals surface area contributed by atoms with Crippen LogP contribution in [-0.2, 0) is 11.3 Å². The summed E-state index contributed by atoms with van der Waals surface area (Å²) in [4.78, 5) is 25.0. The summed E-state index contributed by atoms with van der Waals surface area (Å²) in [5.41, 5.74) is 6.39. The Labute approximate surface area is 157 Å². The fraction of sp³-hybridized carbons (Fsp3) is 0.556. The van der Waals surface area contributed by atoms with Gasteiger partial charge in [0.15, 0.2) is 0 Å². The molecule has 7 nitrogen and oxygen atoms in total. The number of carbonyl (C=O) groups excluding carboxylic acids is 1. The first-order valence-corrected chi connectivity index (χ1v) is 8.99. The van der Waals surface area contributed by atoms with Crippen molar-refractivity contribution in [3.63, 3.8) is 0 Å². The Kier molecular flexibility index (Phi) is 5.58. The minimum atomic E-state index is -0.286. The van der Waals surface area contributed by atoms with Crippen molar-refractivity contribution in [2.45, 2.75) is 50.7 Å². The van der Waals surface area contributed by atoms with Gasteiger partial charge in [-0.3, -0.25) is 9.59 Å². The molecule has 0 saturated heterocycles. The summed E-state index contributed by atoms with van der Waals surface area (Å²) in [6, 6.07) is 7.44. The van der Waals surface area contributed by atoms with Crippen LogP contribution in [0.4, 0.5) is 0 Å². The van der Waals surface area contributed by atoms with Crippen LogP contribution in [-0.4, -0.2) is 33.0 Å². The molecule has 0 spiro atoms. The average molecular weight is 378 g/mol. The highest BCUT2D eigenvalue weighted by atomic mass is 35.5. The molecule has 2 fully saturated rings. The maximum Gasteiger partial charge on any atom is 0.278 e. The average Bonchev–Trinajstić information content (AvgIpc) is 2.58. The molecule has 1 amide bonds. The zero-order valence-corrected chi connectivity index (χ0v) is 15.3. The van der Waals surface area contributed by atoms with Crippen LogP contribution in [0.2, 0.25) is 0 Å². The van der Waals surface area contributed by atoms with Crippen LogP contribution < -0.4 is 16.6 Å². The lowest BCUT2D eigenvalue weighted by Crippen LogP contribution is -2.54. The van der Waals surface area contributed by atoms with E-state index in [4.69, 9.17) is 5.73 Å². The van der Waals surface area contributed by atoms with E-state index >= 15 is 0 Å². The van der Waals surface area contributed by atoms with Gasteiger partial charge >= 0.3 is 0 Å². The zero-order chi connectivity index (χ0) is 17.4. The van der Waals surface area contributed by atoms with Gasteiger partial charge in [0.1, 0.15) is 12.1 Å². The molecule has 8 heteroatoms. The van der Waals surface area contributed by atoms with Crippen LogP contribution >= 0.6 is 12.4 Å². The minimum absolute atomic E-state index is 0. The van der Waals surface area contributed by atoms with Gasteiger partial charge in [-0.15, -0.1) is 17.5 Å². The van der Waals surface area contributed by atoms with Gasteiger partial charge in [-0.1, -0.05) is 23.8 Å². The van der Waals surface area contributed by atoms with Gasteiger partial charge in [-0.2, -0.15) is 0 Å². The number of nitrogens with zero attached hydrogens (tertiary/aromatic N) is 3. The Balaban J connectivity index is 0.00000196. The van der Waals surface area contributed by atoms with E-state index in [0.717, 1.165) is 30.4 Å². The molecule has 2 atom stereocenters. The molecule has 2 bridgehead atoms. The van der Waals surface area contributed by atoms with Crippen LogP contribution in [0.1, 0.15) is 32.1 Å². The number of nitrogens with two attached hydrogens (primary N) is 1. The van der Waals surface area contributed by atoms with Crippen LogP contribution in [0, 0.1) is 11.8 Å². The summed E-state index contributed by atoms with van der Waals surface area (Å²) >= 11 is 0. The maximum absolute atomic E-state index is 12.5. The van der Waals surface area contributed by atoms with Crippen LogP contribution in [0.25, 0.3) is 10.9 Å². The molecule has 2 saturated carbocycles. The highest BCUT2D eigenvalue weighted by molar-refractivity contribution is 5.85. The van der Waals surface area contributed by atoms with Crippen molar-refractivity contribution >= 4 is 29.2 Å². The molecular formula is C18H24ClN5O2. The topological polar surface area (TPSA) is 103 Å². The molecule has 2 aliphatic carbocycles. The lowest BCUT2D eigenvalue weighted by molar-refractivity contribution is -0.124. The molecule has 26 heavy (non-hydrogen) atoms. The molecule has 1 aromatic carbocycles. The number of benzene rings is 1. The van der Waals surface area contributed by atoms with Gasteiger partial charge in [0, 0.05) is 12.1 Å². The van der Waals surface area contributed by atoms with E-state index < -0.39 is 0 Å². The molecule has 0 aliphatic heterocycles. The van der Waals surface area contributed by atoms with E-state index in [1.54, 1.807) is 24.3 Å². The van der Waals surface area contributed by atoms with Gasteiger partial charge in [-0.25, -0.2) is 4.68 Å². The van der Waals surface area contributed by atoms with Crippen LogP contribution in [0.15, 0.2) is 29.1 Å². The smallest absolute Gasteiger partial charge is 0.278 e. The predicted octanol–water partition coefficient (Wildman–Crippen LogP) is 1.24. The van der Waals surface area contributed by atoms with Gasteiger partial charge in [0.25, 0.3) is 5.56 Å². The SMILES string of the molecule is Cl.NC1CC2CCCC(C1)C2NC(=O)Cn1nnc2ccccc2c1=O. The summed E-state index contributed by atoms with van der Waals surface area (Å²) in [7, 11) is 0. The summed E-state index contributed by atoms with van der Waals surface area (Å²) < 4.78 is 1.14. The largest absolute Gasteiger partial charge is 0.351 e. The van der Waals surface area contributed by atoms with Crippen molar-refractivity contribution < 1.29 is 4.79 Å². The molecule has 2 aromatic rings. The Morgan fingerprint density at radius 2 is 1.92 bits per heavy atom. The van der Waals surface area contributed by atoms with Crippen molar-refractivity contribution in [1.82, 2.24) is 20.3 Å². The highest BCUT2D eigenvalue weighted by Crippen LogP contribution is 2.39. The summed E-state index contributed by atoms with van der Waals surface area (Å²) in [5.74, 6) is 0.723. The van der Waals surface area contributed by atoms with Gasteiger partial charge in [-0.05, 0) is 49.7 Å². The maximum atomic E-state index is 12.5. The number of nitrogens with one attached hydrogen (secondary N) is 1. The third kappa shape index (κ3) is 3.59. The molecular weight excluding hydrogens is 354 g/mol. The van der Waals surface area contributed by atoms with Crippen LogP contribution in [0.3, 0.4) is 0 Å². The summed E-state index contributed by atoms with van der Waals surface area (Å²) in [5, 5.41) is 11.5. The van der Waals surface area contributed by atoms with Crippen LogP contribution in [0.5, 0.6) is 0 Å². The Morgan fingerprint density at radius 1 is 1.23 bits per heavy atom. The number of rotatable bonds is 3. The summed E-state index contributed by atoms with van der Waals surface area (Å²) in [6.07, 6.45) is 5.38. The number of carbonyl (C=O) groups is 1. The van der Waals surface area contributed by atoms with Crippen molar-refractivity contribution in [2.24, 2.45) is 17.6 Å². The first-order valence-electron chi connectivity index (χ1n) is 8.99. The van der Waals surface area contributed by atoms with E-state index in [0.29, 0.717) is 22.7 Å². The van der Waals surface area contributed by atoms with Gasteiger partial charge < -0.3 is 11.1 Å². The lowest BCUT2D eigenvalue weighted by atomic mass is 9.67. The first kappa shape index (κ1) is 18.8. The van der Waals surface area contributed by atoms with Crippen molar-refractivity contribution in [3.8, 4) is 0 Å². The predicted molar refractivity (Wildman–Crippen MR) is 101 cm³/mol. The molecule has 0 radical (unpaired) electrons. The van der Waals surface area contributed by atoms with Gasteiger partial charge in [0.2, 0.25) is 5.91 Å². The van der Waals surface area contributed by atoms with Gasteiger partial charge in [0.05, 0.1) is 5.39 Å². The van der Waals surface area contributed by atoms with Crippen molar-refractivity contribution in [1.29, 1.82) is 0 Å². The third-order valence-electron chi connectivity index (χ3n) is 5.63. The standard InChI is InChI=1S/C18H23N5O2.ClH/c19-13-8-11-4-3-5-12(9-13)17(11)20-16(24)10-23-18(25)14-6-1-2-7-15(14)21-22-23;/h1-2,6-7,11-13,17H,3-5,8-10,19H2,(H,20,24);1H. The second kappa shape index (κ2) is 7.72. The second-order valence-corrected chi connectivity index (χ2v) is 7.35. The van der Waals surface area contributed by atoms with E-state index in [9.17, 15) is 9.59 Å². The number of hydrogen-bond acceptors (Lipinski definition) is 5. The first-order chi connectivity index (χ1) is 12.1. The summed E-state index contributed by atoms with van der Waals surface area (Å²) in [6.45, 7) is -0.0986. The Bertz CT molecular complexity index is 841. The number of hydrogen-bond donors (Lipinski definition) is 2. The van der Waals surface area contributed by atoms with E-state index in [-0.39, 0.29) is 42.5 Å². The number of aromatic nitrogens is 3. The highest BCUT2D eigenvalue weighted by Gasteiger charge is 2.39. The number of halogens is 1. The van der Waals surface area contributed by atoms with E-state index in [1.807, 2.05) is 0 Å². The minimum Gasteiger partial charge on any atom is -0.351 e. The quantitative estimate of drug-likeness (QED) is 0.837. The Hall–Kier alpha value is -1.99.